The van der Waals surface area contributed by atoms with Crippen molar-refractivity contribution in [2.24, 2.45) is 11.1 Å². The lowest BCUT2D eigenvalue weighted by Gasteiger charge is -2.42. The molecule has 0 saturated carbocycles. The van der Waals surface area contributed by atoms with E-state index in [0.29, 0.717) is 0 Å². The molecule has 23 heavy (non-hydrogen) atoms. The standard InChI is InChI=1S/C18H28N2O2.ClH/c1-12-7-13-8-15(21-4)9-14(17(13)22-12)10-20-6-5-16(19)18(2,3)11-20;/h8-9,12,16H,5-7,10-11,19H2,1-4H3;1H. The lowest BCUT2D eigenvalue weighted by atomic mass is 9.79. The van der Waals surface area contributed by atoms with Gasteiger partial charge >= 0.3 is 0 Å². The van der Waals surface area contributed by atoms with Crippen molar-refractivity contribution in [1.82, 2.24) is 4.90 Å². The van der Waals surface area contributed by atoms with Crippen molar-refractivity contribution in [3.8, 4) is 11.5 Å². The van der Waals surface area contributed by atoms with Gasteiger partial charge in [-0.15, -0.1) is 12.4 Å². The van der Waals surface area contributed by atoms with E-state index in [-0.39, 0.29) is 30.0 Å². The summed E-state index contributed by atoms with van der Waals surface area (Å²) in [6, 6.07) is 4.52. The number of hydrogen-bond acceptors (Lipinski definition) is 4. The number of methoxy groups -OCH3 is 1. The Hall–Kier alpha value is -0.970. The molecule has 0 spiro atoms. The molecule has 2 atom stereocenters. The minimum atomic E-state index is 0. The van der Waals surface area contributed by atoms with Crippen LogP contribution >= 0.6 is 12.4 Å². The first-order chi connectivity index (χ1) is 10.4. The average molecular weight is 341 g/mol. The zero-order valence-corrected chi connectivity index (χ0v) is 15.4. The Morgan fingerprint density at radius 2 is 2.13 bits per heavy atom. The number of benzene rings is 1. The first-order valence-electron chi connectivity index (χ1n) is 8.23. The maximum absolute atomic E-state index is 6.25. The van der Waals surface area contributed by atoms with E-state index in [1.54, 1.807) is 7.11 Å². The van der Waals surface area contributed by atoms with Crippen molar-refractivity contribution in [3.63, 3.8) is 0 Å². The Kier molecular flexibility index (Phi) is 5.49. The highest BCUT2D eigenvalue weighted by Crippen LogP contribution is 2.38. The summed E-state index contributed by atoms with van der Waals surface area (Å²) in [6.45, 7) is 9.63. The topological polar surface area (TPSA) is 47.7 Å². The molecular formula is C18H29ClN2O2. The fourth-order valence-electron chi connectivity index (χ4n) is 3.67. The summed E-state index contributed by atoms with van der Waals surface area (Å²) in [6.07, 6.45) is 2.28. The SMILES string of the molecule is COc1cc2c(c(CN3CCC(N)C(C)(C)C3)c1)OC(C)C2.Cl. The number of fused-ring (bicyclic) bond motifs is 1. The average Bonchev–Trinajstić information content (AvgIpc) is 2.83. The van der Waals surface area contributed by atoms with Gasteiger partial charge < -0.3 is 15.2 Å². The number of nitrogens with zero attached hydrogens (tertiary/aromatic N) is 1. The highest BCUT2D eigenvalue weighted by molar-refractivity contribution is 5.85. The first-order valence-corrected chi connectivity index (χ1v) is 8.23. The van der Waals surface area contributed by atoms with Gasteiger partial charge in [0.1, 0.15) is 17.6 Å². The first kappa shape index (κ1) is 18.4. The van der Waals surface area contributed by atoms with Crippen LogP contribution in [0.2, 0.25) is 0 Å². The molecule has 2 unspecified atom stereocenters. The third-order valence-corrected chi connectivity index (χ3v) is 5.06. The van der Waals surface area contributed by atoms with Crippen LogP contribution in [0.5, 0.6) is 11.5 Å². The molecule has 1 aromatic carbocycles. The van der Waals surface area contributed by atoms with Gasteiger partial charge in [-0.1, -0.05) is 13.8 Å². The van der Waals surface area contributed by atoms with E-state index in [0.717, 1.165) is 44.0 Å². The second-order valence-electron chi connectivity index (χ2n) is 7.50. The predicted molar refractivity (Wildman–Crippen MR) is 95.7 cm³/mol. The molecule has 0 amide bonds. The van der Waals surface area contributed by atoms with Crippen LogP contribution in [0.3, 0.4) is 0 Å². The van der Waals surface area contributed by atoms with Gasteiger partial charge in [0.2, 0.25) is 0 Å². The quantitative estimate of drug-likeness (QED) is 0.919. The van der Waals surface area contributed by atoms with Crippen LogP contribution in [0.25, 0.3) is 0 Å². The minimum absolute atomic E-state index is 0. The van der Waals surface area contributed by atoms with Crippen molar-refractivity contribution in [3.05, 3.63) is 23.3 Å². The second kappa shape index (κ2) is 6.88. The zero-order valence-electron chi connectivity index (χ0n) is 14.6. The number of ether oxygens (including phenoxy) is 2. The van der Waals surface area contributed by atoms with Crippen LogP contribution in [0.1, 0.15) is 38.3 Å². The van der Waals surface area contributed by atoms with Gasteiger partial charge in [0, 0.05) is 43.2 Å². The normalized spacial score (nSPS) is 26.1. The summed E-state index contributed by atoms with van der Waals surface area (Å²) >= 11 is 0. The van der Waals surface area contributed by atoms with Crippen molar-refractivity contribution < 1.29 is 9.47 Å². The summed E-state index contributed by atoms with van der Waals surface area (Å²) in [7, 11) is 1.73. The molecule has 2 N–H and O–H groups in total. The molecule has 0 bridgehead atoms. The molecular weight excluding hydrogens is 312 g/mol. The highest BCUT2D eigenvalue weighted by atomic mass is 35.5. The summed E-state index contributed by atoms with van der Waals surface area (Å²) in [5.41, 5.74) is 8.93. The zero-order chi connectivity index (χ0) is 15.9. The van der Waals surface area contributed by atoms with Gasteiger partial charge in [0.25, 0.3) is 0 Å². The van der Waals surface area contributed by atoms with Gasteiger partial charge in [0.05, 0.1) is 7.11 Å². The molecule has 4 nitrogen and oxygen atoms in total. The number of halogens is 1. The van der Waals surface area contributed by atoms with Crippen LogP contribution in [0.4, 0.5) is 0 Å². The molecule has 130 valence electrons. The second-order valence-corrected chi connectivity index (χ2v) is 7.50. The number of rotatable bonds is 3. The van der Waals surface area contributed by atoms with Crippen LogP contribution in [-0.4, -0.2) is 37.2 Å². The Balaban J connectivity index is 0.00000192. The maximum atomic E-state index is 6.25. The number of nitrogens with two attached hydrogens (primary N) is 1. The Morgan fingerprint density at radius 1 is 1.39 bits per heavy atom. The molecule has 3 rings (SSSR count). The fraction of sp³-hybridized carbons (Fsp3) is 0.667. The minimum Gasteiger partial charge on any atom is -0.497 e. The van der Waals surface area contributed by atoms with Crippen LogP contribution < -0.4 is 15.2 Å². The van der Waals surface area contributed by atoms with Crippen LogP contribution in [0, 0.1) is 5.41 Å². The van der Waals surface area contributed by atoms with E-state index in [4.69, 9.17) is 15.2 Å². The smallest absolute Gasteiger partial charge is 0.127 e. The monoisotopic (exact) mass is 340 g/mol. The van der Waals surface area contributed by atoms with E-state index in [1.807, 2.05) is 0 Å². The Labute approximate surface area is 145 Å². The third-order valence-electron chi connectivity index (χ3n) is 5.06. The van der Waals surface area contributed by atoms with E-state index in [1.165, 1.54) is 11.1 Å². The number of hydrogen-bond donors (Lipinski definition) is 1. The molecule has 2 heterocycles. The molecule has 1 aromatic rings. The Morgan fingerprint density at radius 3 is 2.78 bits per heavy atom. The van der Waals surface area contributed by atoms with Crippen LogP contribution in [0.15, 0.2) is 12.1 Å². The van der Waals surface area contributed by atoms with Crippen molar-refractivity contribution in [1.29, 1.82) is 0 Å². The molecule has 0 radical (unpaired) electrons. The van der Waals surface area contributed by atoms with Crippen molar-refractivity contribution in [2.75, 3.05) is 20.2 Å². The van der Waals surface area contributed by atoms with Gasteiger partial charge in [-0.2, -0.15) is 0 Å². The largest absolute Gasteiger partial charge is 0.497 e. The number of likely N-dealkylation sites (tertiary alicyclic amines) is 1. The fourth-order valence-corrected chi connectivity index (χ4v) is 3.67. The lowest BCUT2D eigenvalue weighted by Crippen LogP contribution is -2.52. The van der Waals surface area contributed by atoms with E-state index in [9.17, 15) is 0 Å². The lowest BCUT2D eigenvalue weighted by molar-refractivity contribution is 0.0888. The van der Waals surface area contributed by atoms with E-state index >= 15 is 0 Å². The molecule has 2 aliphatic rings. The van der Waals surface area contributed by atoms with Crippen molar-refractivity contribution in [2.45, 2.75) is 52.3 Å². The summed E-state index contributed by atoms with van der Waals surface area (Å²) in [5.74, 6) is 2.00. The van der Waals surface area contributed by atoms with Crippen LogP contribution in [-0.2, 0) is 13.0 Å². The molecule has 0 aliphatic carbocycles. The molecule has 1 saturated heterocycles. The van der Waals surface area contributed by atoms with E-state index in [2.05, 4.69) is 37.8 Å². The highest BCUT2D eigenvalue weighted by Gasteiger charge is 2.34. The van der Waals surface area contributed by atoms with Crippen molar-refractivity contribution >= 4 is 12.4 Å². The molecule has 5 heteroatoms. The molecule has 1 fully saturated rings. The summed E-state index contributed by atoms with van der Waals surface area (Å²) in [5, 5.41) is 0. The predicted octanol–water partition coefficient (Wildman–Crippen LogP) is 3.00. The molecule has 0 aromatic heterocycles. The van der Waals surface area contributed by atoms with Gasteiger partial charge in [0.15, 0.2) is 0 Å². The third kappa shape index (κ3) is 3.76. The van der Waals surface area contributed by atoms with Gasteiger partial charge in [-0.3, -0.25) is 4.90 Å². The molecule has 2 aliphatic heterocycles. The number of piperidine rings is 1. The summed E-state index contributed by atoms with van der Waals surface area (Å²) in [4.78, 5) is 2.49. The van der Waals surface area contributed by atoms with Gasteiger partial charge in [-0.25, -0.2) is 0 Å². The van der Waals surface area contributed by atoms with E-state index < -0.39 is 0 Å². The maximum Gasteiger partial charge on any atom is 0.127 e. The van der Waals surface area contributed by atoms with Gasteiger partial charge in [-0.05, 0) is 30.9 Å². The summed E-state index contributed by atoms with van der Waals surface area (Å²) < 4.78 is 11.5. The Bertz CT molecular complexity index is 562.